The predicted octanol–water partition coefficient (Wildman–Crippen LogP) is 0.743. The molecule has 112 valence electrons. The van der Waals surface area contributed by atoms with Gasteiger partial charge in [-0.15, -0.1) is 0 Å². The SMILES string of the molecule is CC(CCC(=O)C#CC(=O)O)C(C)(C)C(=O)C#CC(=O)O. The minimum Gasteiger partial charge on any atom is -0.472 e. The smallest absolute Gasteiger partial charge is 0.382 e. The molecule has 6 heteroatoms. The molecule has 21 heavy (non-hydrogen) atoms. The lowest BCUT2D eigenvalue weighted by Crippen LogP contribution is -2.31. The first-order chi connectivity index (χ1) is 9.57. The normalized spacial score (nSPS) is 11.2. The molecule has 0 spiro atoms. The van der Waals surface area contributed by atoms with E-state index in [0.29, 0.717) is 6.42 Å². The standard InChI is InChI=1S/C15H16O6/c1-10(4-5-11(16)6-8-13(18)19)15(2,3)12(17)7-9-14(20)21/h10H,4-5H2,1-3H3,(H,18,19)(H,20,21). The van der Waals surface area contributed by atoms with E-state index in [4.69, 9.17) is 10.2 Å². The molecule has 0 saturated carbocycles. The van der Waals surface area contributed by atoms with Gasteiger partial charge >= 0.3 is 11.9 Å². The summed E-state index contributed by atoms with van der Waals surface area (Å²) in [4.78, 5) is 43.7. The van der Waals surface area contributed by atoms with Gasteiger partial charge in [-0.2, -0.15) is 0 Å². The minimum absolute atomic E-state index is 0.0184. The van der Waals surface area contributed by atoms with Crippen molar-refractivity contribution in [3.63, 3.8) is 0 Å². The van der Waals surface area contributed by atoms with Gasteiger partial charge in [-0.1, -0.05) is 20.8 Å². The molecule has 0 aliphatic heterocycles. The number of carbonyl (C=O) groups is 4. The predicted molar refractivity (Wildman–Crippen MR) is 73.0 cm³/mol. The Bertz CT molecular complexity index is 577. The van der Waals surface area contributed by atoms with Crippen LogP contribution < -0.4 is 0 Å². The summed E-state index contributed by atoms with van der Waals surface area (Å²) >= 11 is 0. The van der Waals surface area contributed by atoms with Gasteiger partial charge in [-0.05, 0) is 24.2 Å². The van der Waals surface area contributed by atoms with Crippen molar-refractivity contribution in [1.29, 1.82) is 0 Å². The highest BCUT2D eigenvalue weighted by Gasteiger charge is 2.32. The van der Waals surface area contributed by atoms with Crippen molar-refractivity contribution in [2.24, 2.45) is 11.3 Å². The molecule has 0 saturated heterocycles. The van der Waals surface area contributed by atoms with E-state index in [2.05, 4.69) is 5.92 Å². The molecule has 0 aromatic rings. The van der Waals surface area contributed by atoms with E-state index in [1.807, 2.05) is 5.92 Å². The number of hydrogen-bond acceptors (Lipinski definition) is 4. The van der Waals surface area contributed by atoms with Gasteiger partial charge in [0.25, 0.3) is 0 Å². The molecule has 0 amide bonds. The Morgan fingerprint density at radius 2 is 1.43 bits per heavy atom. The fourth-order valence-corrected chi connectivity index (χ4v) is 1.39. The van der Waals surface area contributed by atoms with Gasteiger partial charge in [0.15, 0.2) is 0 Å². The zero-order valence-corrected chi connectivity index (χ0v) is 12.0. The molecule has 0 aliphatic carbocycles. The Morgan fingerprint density at radius 1 is 0.952 bits per heavy atom. The van der Waals surface area contributed by atoms with Crippen molar-refractivity contribution in [2.75, 3.05) is 0 Å². The van der Waals surface area contributed by atoms with Crippen LogP contribution in [0.15, 0.2) is 0 Å². The number of ketones is 2. The van der Waals surface area contributed by atoms with Gasteiger partial charge in [0.1, 0.15) is 0 Å². The second-order valence-corrected chi connectivity index (χ2v) is 5.02. The fraction of sp³-hybridized carbons (Fsp3) is 0.467. The van der Waals surface area contributed by atoms with Crippen molar-refractivity contribution in [3.05, 3.63) is 0 Å². The van der Waals surface area contributed by atoms with Crippen LogP contribution in [0.3, 0.4) is 0 Å². The molecule has 1 atom stereocenters. The van der Waals surface area contributed by atoms with Gasteiger partial charge in [0.2, 0.25) is 11.6 Å². The molecule has 1 unspecified atom stereocenters. The molecule has 0 rings (SSSR count). The monoisotopic (exact) mass is 292 g/mol. The highest BCUT2D eigenvalue weighted by molar-refractivity contribution is 6.04. The summed E-state index contributed by atoms with van der Waals surface area (Å²) in [6.45, 7) is 4.96. The molecule has 0 aromatic carbocycles. The Kier molecular flexibility index (Phi) is 6.89. The average Bonchev–Trinajstić information content (AvgIpc) is 2.39. The lowest BCUT2D eigenvalue weighted by atomic mass is 9.74. The van der Waals surface area contributed by atoms with Gasteiger partial charge in [0, 0.05) is 23.7 Å². The summed E-state index contributed by atoms with van der Waals surface area (Å²) in [5.41, 5.74) is -0.914. The second kappa shape index (κ2) is 7.86. The van der Waals surface area contributed by atoms with Crippen molar-refractivity contribution in [1.82, 2.24) is 0 Å². The van der Waals surface area contributed by atoms with E-state index < -0.39 is 28.9 Å². The van der Waals surface area contributed by atoms with Crippen molar-refractivity contribution in [3.8, 4) is 23.7 Å². The third kappa shape index (κ3) is 6.93. The van der Waals surface area contributed by atoms with Crippen LogP contribution in [-0.2, 0) is 19.2 Å². The Balaban J connectivity index is 4.69. The van der Waals surface area contributed by atoms with Crippen LogP contribution in [0.5, 0.6) is 0 Å². The third-order valence-electron chi connectivity index (χ3n) is 3.21. The summed E-state index contributed by atoms with van der Waals surface area (Å²) in [7, 11) is 0. The van der Waals surface area contributed by atoms with Crippen LogP contribution >= 0.6 is 0 Å². The number of carboxylic acid groups (broad SMARTS) is 2. The third-order valence-corrected chi connectivity index (χ3v) is 3.21. The van der Waals surface area contributed by atoms with Crippen LogP contribution in [0, 0.1) is 35.0 Å². The molecule has 0 aromatic heterocycles. The Hall–Kier alpha value is -2.60. The number of aliphatic carboxylic acids is 2. The van der Waals surface area contributed by atoms with Crippen LogP contribution in [-0.4, -0.2) is 33.7 Å². The lowest BCUT2D eigenvalue weighted by molar-refractivity contribution is -0.131. The highest BCUT2D eigenvalue weighted by Crippen LogP contribution is 2.31. The Labute approximate surface area is 122 Å². The molecule has 0 heterocycles. The van der Waals surface area contributed by atoms with Crippen LogP contribution in [0.2, 0.25) is 0 Å². The van der Waals surface area contributed by atoms with E-state index in [1.165, 1.54) is 0 Å². The van der Waals surface area contributed by atoms with Crippen LogP contribution in [0.25, 0.3) is 0 Å². The van der Waals surface area contributed by atoms with E-state index in [9.17, 15) is 19.2 Å². The topological polar surface area (TPSA) is 109 Å². The van der Waals surface area contributed by atoms with Gasteiger partial charge in [-0.25, -0.2) is 9.59 Å². The molecule has 2 N–H and O–H groups in total. The van der Waals surface area contributed by atoms with Crippen molar-refractivity contribution in [2.45, 2.75) is 33.6 Å². The fourth-order valence-electron chi connectivity index (χ4n) is 1.39. The molecular weight excluding hydrogens is 276 g/mol. The van der Waals surface area contributed by atoms with Gasteiger partial charge in [0.05, 0.1) is 0 Å². The first kappa shape index (κ1) is 18.4. The summed E-state index contributed by atoms with van der Waals surface area (Å²) < 4.78 is 0. The molecule has 0 bridgehead atoms. The number of hydrogen-bond donors (Lipinski definition) is 2. The van der Waals surface area contributed by atoms with E-state index in [0.717, 1.165) is 0 Å². The van der Waals surface area contributed by atoms with E-state index in [-0.39, 0.29) is 12.3 Å². The maximum atomic E-state index is 11.8. The summed E-state index contributed by atoms with van der Waals surface area (Å²) in [6.07, 6.45) is 0.338. The molecule has 0 fully saturated rings. The zero-order valence-electron chi connectivity index (χ0n) is 12.0. The summed E-state index contributed by atoms with van der Waals surface area (Å²) in [6, 6.07) is 0. The lowest BCUT2D eigenvalue weighted by Gasteiger charge is -2.27. The number of carbonyl (C=O) groups excluding carboxylic acids is 2. The first-order valence-electron chi connectivity index (χ1n) is 6.14. The number of Topliss-reactive ketones (excluding diaryl/α,β-unsaturated/α-hetero) is 2. The van der Waals surface area contributed by atoms with Crippen LogP contribution in [0.4, 0.5) is 0 Å². The summed E-state index contributed by atoms with van der Waals surface area (Å²) in [5.74, 6) is 3.46. The van der Waals surface area contributed by atoms with Crippen molar-refractivity contribution < 1.29 is 29.4 Å². The molecule has 0 aliphatic rings. The zero-order chi connectivity index (χ0) is 16.6. The van der Waals surface area contributed by atoms with Gasteiger partial charge < -0.3 is 10.2 Å². The molecular formula is C15H16O6. The van der Waals surface area contributed by atoms with E-state index in [1.54, 1.807) is 32.6 Å². The largest absolute Gasteiger partial charge is 0.472 e. The minimum atomic E-state index is -1.38. The second-order valence-electron chi connectivity index (χ2n) is 5.02. The highest BCUT2D eigenvalue weighted by atomic mass is 16.4. The van der Waals surface area contributed by atoms with Crippen LogP contribution in [0.1, 0.15) is 33.6 Å². The van der Waals surface area contributed by atoms with E-state index >= 15 is 0 Å². The maximum absolute atomic E-state index is 11.8. The molecule has 6 nitrogen and oxygen atoms in total. The average molecular weight is 292 g/mol. The molecule has 0 radical (unpaired) electrons. The maximum Gasteiger partial charge on any atom is 0.382 e. The van der Waals surface area contributed by atoms with Gasteiger partial charge in [-0.3, -0.25) is 9.59 Å². The summed E-state index contributed by atoms with van der Waals surface area (Å²) in [5, 5.41) is 16.7. The first-order valence-corrected chi connectivity index (χ1v) is 6.14. The van der Waals surface area contributed by atoms with Crippen molar-refractivity contribution >= 4 is 23.5 Å². The number of rotatable bonds is 5. The Morgan fingerprint density at radius 3 is 1.90 bits per heavy atom. The number of carboxylic acids is 2. The quantitative estimate of drug-likeness (QED) is 0.571.